The van der Waals surface area contributed by atoms with Crippen LogP contribution in [0.4, 0.5) is 5.82 Å². The van der Waals surface area contributed by atoms with Crippen LogP contribution >= 0.6 is 0 Å². The number of aromatic nitrogens is 3. The van der Waals surface area contributed by atoms with E-state index in [-0.39, 0.29) is 0 Å². The number of nitrogen functional groups attached to an aromatic ring is 1. The molecule has 0 spiro atoms. The Morgan fingerprint density at radius 2 is 2.00 bits per heavy atom. The highest BCUT2D eigenvalue weighted by atomic mass is 15.4. The molecule has 4 heteroatoms. The Bertz CT molecular complexity index is 380. The molecule has 0 radical (unpaired) electrons. The van der Waals surface area contributed by atoms with Crippen molar-refractivity contribution in [1.29, 1.82) is 0 Å². The van der Waals surface area contributed by atoms with Crippen LogP contribution in [-0.2, 0) is 6.54 Å². The van der Waals surface area contributed by atoms with Gasteiger partial charge in [-0.05, 0) is 5.56 Å². The fraction of sp³-hybridized carbons (Fsp3) is 0.111. The Morgan fingerprint density at radius 1 is 1.23 bits per heavy atom. The summed E-state index contributed by atoms with van der Waals surface area (Å²) < 4.78 is 1.71. The molecule has 0 aliphatic carbocycles. The average molecular weight is 174 g/mol. The van der Waals surface area contributed by atoms with E-state index in [4.69, 9.17) is 5.73 Å². The molecule has 13 heavy (non-hydrogen) atoms. The number of rotatable bonds is 2. The highest BCUT2D eigenvalue weighted by Gasteiger charge is 1.96. The first-order chi connectivity index (χ1) is 6.34. The third kappa shape index (κ3) is 1.84. The summed E-state index contributed by atoms with van der Waals surface area (Å²) in [5.41, 5.74) is 6.63. The number of nitrogens with zero attached hydrogens (tertiary/aromatic N) is 3. The van der Waals surface area contributed by atoms with E-state index in [9.17, 15) is 0 Å². The largest absolute Gasteiger partial charge is 0.381 e. The molecule has 0 saturated carbocycles. The summed E-state index contributed by atoms with van der Waals surface area (Å²) in [6.45, 7) is 0.713. The Labute approximate surface area is 76.0 Å². The van der Waals surface area contributed by atoms with Crippen molar-refractivity contribution in [2.24, 2.45) is 0 Å². The molecule has 0 saturated heterocycles. The zero-order valence-electron chi connectivity index (χ0n) is 7.09. The van der Waals surface area contributed by atoms with Crippen LogP contribution in [0, 0.1) is 0 Å². The normalized spacial score (nSPS) is 10.2. The lowest BCUT2D eigenvalue weighted by Gasteiger charge is -1.98. The number of hydrogen-bond donors (Lipinski definition) is 1. The first kappa shape index (κ1) is 7.79. The third-order valence-corrected chi connectivity index (χ3v) is 1.74. The Balaban J connectivity index is 2.15. The minimum Gasteiger partial charge on any atom is -0.381 e. The fourth-order valence-electron chi connectivity index (χ4n) is 1.16. The van der Waals surface area contributed by atoms with Gasteiger partial charge >= 0.3 is 0 Å². The van der Waals surface area contributed by atoms with Crippen LogP contribution in [0.3, 0.4) is 0 Å². The van der Waals surface area contributed by atoms with Crippen molar-refractivity contribution < 1.29 is 0 Å². The van der Waals surface area contributed by atoms with Crippen LogP contribution < -0.4 is 5.73 Å². The molecule has 66 valence electrons. The molecule has 2 N–H and O–H groups in total. The van der Waals surface area contributed by atoms with Crippen LogP contribution in [0.25, 0.3) is 0 Å². The second-order valence-electron chi connectivity index (χ2n) is 2.83. The minimum atomic E-state index is 0.455. The van der Waals surface area contributed by atoms with E-state index in [2.05, 4.69) is 10.3 Å². The smallest absolute Gasteiger partial charge is 0.165 e. The molecule has 0 amide bonds. The highest BCUT2D eigenvalue weighted by Crippen LogP contribution is 2.01. The number of nitrogens with two attached hydrogens (primary N) is 1. The number of anilines is 1. The molecule has 0 aliphatic rings. The molecule has 0 atom stereocenters. The molecule has 0 unspecified atom stereocenters. The SMILES string of the molecule is Nc1cn(Cc2ccccc2)nn1. The molecule has 1 aromatic heterocycles. The summed E-state index contributed by atoms with van der Waals surface area (Å²) in [4.78, 5) is 0. The van der Waals surface area contributed by atoms with Crippen LogP contribution in [0.5, 0.6) is 0 Å². The Morgan fingerprint density at radius 3 is 2.62 bits per heavy atom. The standard InChI is InChI=1S/C9H10N4/c10-9-7-13(12-11-9)6-8-4-2-1-3-5-8/h1-5,7H,6,10H2. The van der Waals surface area contributed by atoms with Gasteiger partial charge in [-0.25, -0.2) is 4.68 Å². The van der Waals surface area contributed by atoms with Crippen LogP contribution in [0.15, 0.2) is 36.5 Å². The van der Waals surface area contributed by atoms with Gasteiger partial charge in [0.05, 0.1) is 12.7 Å². The van der Waals surface area contributed by atoms with Crippen molar-refractivity contribution in [1.82, 2.24) is 15.0 Å². The molecule has 1 heterocycles. The predicted molar refractivity (Wildman–Crippen MR) is 50.0 cm³/mol. The third-order valence-electron chi connectivity index (χ3n) is 1.74. The lowest BCUT2D eigenvalue weighted by Crippen LogP contribution is -1.99. The van der Waals surface area contributed by atoms with Crippen molar-refractivity contribution in [2.45, 2.75) is 6.54 Å². The first-order valence-electron chi connectivity index (χ1n) is 4.04. The summed E-state index contributed by atoms with van der Waals surface area (Å²) >= 11 is 0. The zero-order valence-corrected chi connectivity index (χ0v) is 7.09. The summed E-state index contributed by atoms with van der Waals surface area (Å²) in [7, 11) is 0. The molecule has 0 bridgehead atoms. The van der Waals surface area contributed by atoms with Crippen molar-refractivity contribution >= 4 is 5.82 Å². The van der Waals surface area contributed by atoms with E-state index < -0.39 is 0 Å². The van der Waals surface area contributed by atoms with Gasteiger partial charge in [-0.1, -0.05) is 35.5 Å². The molecular formula is C9H10N4. The van der Waals surface area contributed by atoms with E-state index in [1.165, 1.54) is 5.56 Å². The molecule has 0 aliphatic heterocycles. The summed E-state index contributed by atoms with van der Waals surface area (Å²) in [6.07, 6.45) is 1.72. The van der Waals surface area contributed by atoms with E-state index in [0.717, 1.165) is 0 Å². The number of benzene rings is 1. The van der Waals surface area contributed by atoms with E-state index in [1.807, 2.05) is 30.3 Å². The minimum absolute atomic E-state index is 0.455. The van der Waals surface area contributed by atoms with Crippen LogP contribution in [0.2, 0.25) is 0 Å². The van der Waals surface area contributed by atoms with Gasteiger partial charge < -0.3 is 5.73 Å². The molecular weight excluding hydrogens is 164 g/mol. The lowest BCUT2D eigenvalue weighted by molar-refractivity contribution is 0.650. The van der Waals surface area contributed by atoms with Crippen LogP contribution in [0.1, 0.15) is 5.56 Å². The second kappa shape index (κ2) is 3.26. The van der Waals surface area contributed by atoms with Gasteiger partial charge in [-0.2, -0.15) is 0 Å². The van der Waals surface area contributed by atoms with Crippen molar-refractivity contribution in [3.63, 3.8) is 0 Å². The van der Waals surface area contributed by atoms with E-state index in [0.29, 0.717) is 12.4 Å². The van der Waals surface area contributed by atoms with Gasteiger partial charge in [0.15, 0.2) is 5.82 Å². The summed E-state index contributed by atoms with van der Waals surface area (Å²) in [6, 6.07) is 10.1. The van der Waals surface area contributed by atoms with Gasteiger partial charge in [-0.3, -0.25) is 0 Å². The molecule has 2 rings (SSSR count). The zero-order chi connectivity index (χ0) is 9.10. The molecule has 1 aromatic carbocycles. The summed E-state index contributed by atoms with van der Waals surface area (Å²) in [5, 5.41) is 7.56. The topological polar surface area (TPSA) is 56.7 Å². The first-order valence-corrected chi connectivity index (χ1v) is 4.04. The Kier molecular flexibility index (Phi) is 1.96. The van der Waals surface area contributed by atoms with Crippen molar-refractivity contribution in [3.05, 3.63) is 42.1 Å². The quantitative estimate of drug-likeness (QED) is 0.736. The maximum absolute atomic E-state index is 5.44. The van der Waals surface area contributed by atoms with Gasteiger partial charge in [0.25, 0.3) is 0 Å². The van der Waals surface area contributed by atoms with E-state index >= 15 is 0 Å². The maximum atomic E-state index is 5.44. The van der Waals surface area contributed by atoms with Gasteiger partial charge in [0.2, 0.25) is 0 Å². The van der Waals surface area contributed by atoms with Crippen LogP contribution in [-0.4, -0.2) is 15.0 Å². The monoisotopic (exact) mass is 174 g/mol. The highest BCUT2D eigenvalue weighted by molar-refractivity contribution is 5.21. The van der Waals surface area contributed by atoms with Crippen molar-refractivity contribution in [3.8, 4) is 0 Å². The molecule has 2 aromatic rings. The maximum Gasteiger partial charge on any atom is 0.165 e. The average Bonchev–Trinajstić information content (AvgIpc) is 2.53. The van der Waals surface area contributed by atoms with Gasteiger partial charge in [-0.15, -0.1) is 5.10 Å². The summed E-state index contributed by atoms with van der Waals surface area (Å²) in [5.74, 6) is 0.455. The second-order valence-corrected chi connectivity index (χ2v) is 2.83. The Hall–Kier alpha value is -1.84. The van der Waals surface area contributed by atoms with Gasteiger partial charge in [0.1, 0.15) is 0 Å². The predicted octanol–water partition coefficient (Wildman–Crippen LogP) is 0.909. The fourth-order valence-corrected chi connectivity index (χ4v) is 1.16. The number of hydrogen-bond acceptors (Lipinski definition) is 3. The van der Waals surface area contributed by atoms with Gasteiger partial charge in [0, 0.05) is 0 Å². The van der Waals surface area contributed by atoms with E-state index in [1.54, 1.807) is 10.9 Å². The molecule has 4 nitrogen and oxygen atoms in total. The lowest BCUT2D eigenvalue weighted by atomic mass is 10.2. The van der Waals surface area contributed by atoms with Crippen molar-refractivity contribution in [2.75, 3.05) is 5.73 Å². The molecule has 0 fully saturated rings.